The molecule has 2 aromatic heterocycles. The summed E-state index contributed by atoms with van der Waals surface area (Å²) in [5, 5.41) is 7.25. The summed E-state index contributed by atoms with van der Waals surface area (Å²) < 4.78 is 39.7. The zero-order chi connectivity index (χ0) is 20.5. The van der Waals surface area contributed by atoms with Crippen molar-refractivity contribution < 1.29 is 18.0 Å². The van der Waals surface area contributed by atoms with Gasteiger partial charge in [-0.05, 0) is 38.8 Å². The molecular weight excluding hydrogens is 371 g/mol. The van der Waals surface area contributed by atoms with E-state index in [1.54, 1.807) is 10.9 Å². The molecule has 28 heavy (non-hydrogen) atoms. The fraction of sp³-hybridized carbons (Fsp3) is 0.526. The third-order valence-electron chi connectivity index (χ3n) is 5.36. The normalized spacial score (nSPS) is 16.9. The van der Waals surface area contributed by atoms with E-state index < -0.39 is 11.7 Å². The summed E-state index contributed by atoms with van der Waals surface area (Å²) in [6, 6.07) is 2.30. The van der Waals surface area contributed by atoms with Gasteiger partial charge in [-0.15, -0.1) is 0 Å². The quantitative estimate of drug-likeness (QED) is 0.863. The predicted octanol–water partition coefficient (Wildman–Crippen LogP) is 3.24. The van der Waals surface area contributed by atoms with Crippen LogP contribution in [0, 0.1) is 12.8 Å². The highest BCUT2D eigenvalue weighted by Crippen LogP contribution is 2.30. The Bertz CT molecular complexity index is 823. The molecule has 1 saturated heterocycles. The lowest BCUT2D eigenvalue weighted by Crippen LogP contribution is -2.41. The van der Waals surface area contributed by atoms with E-state index in [1.165, 1.54) is 6.07 Å². The smallest absolute Gasteiger partial charge is 0.357 e. The molecule has 3 rings (SSSR count). The summed E-state index contributed by atoms with van der Waals surface area (Å²) in [6.45, 7) is 5.05. The molecule has 9 heteroatoms. The minimum Gasteiger partial charge on any atom is -0.357 e. The van der Waals surface area contributed by atoms with Crippen LogP contribution in [0.4, 0.5) is 19.0 Å². The standard InChI is InChI=1S/C19H24F3N5O/c1-12(16-11-24-26(3)13(16)2)25-18(28)14-6-8-27(9-7-14)17-5-4-15(10-23-17)19(20,21)22/h4-5,10-12,14H,6-9H2,1-3H3,(H,25,28)/t12-/m0/s1. The molecule has 2 aromatic rings. The van der Waals surface area contributed by atoms with Crippen LogP contribution in [0.3, 0.4) is 0 Å². The lowest BCUT2D eigenvalue weighted by molar-refractivity contribution is -0.137. The number of pyridine rings is 1. The van der Waals surface area contributed by atoms with Crippen LogP contribution in [0.15, 0.2) is 24.5 Å². The van der Waals surface area contributed by atoms with Crippen molar-refractivity contribution in [3.63, 3.8) is 0 Å². The minimum absolute atomic E-state index is 0.00391. The molecule has 1 aliphatic rings. The van der Waals surface area contributed by atoms with E-state index in [-0.39, 0.29) is 17.9 Å². The molecule has 1 amide bonds. The average Bonchev–Trinajstić information content (AvgIpc) is 3.00. The van der Waals surface area contributed by atoms with Crippen LogP contribution >= 0.6 is 0 Å². The maximum atomic E-state index is 12.7. The lowest BCUT2D eigenvalue weighted by atomic mass is 9.95. The molecule has 1 aliphatic heterocycles. The molecule has 0 aliphatic carbocycles. The van der Waals surface area contributed by atoms with Crippen LogP contribution in [-0.2, 0) is 18.0 Å². The molecule has 1 N–H and O–H groups in total. The fourth-order valence-electron chi connectivity index (χ4n) is 3.46. The summed E-state index contributed by atoms with van der Waals surface area (Å²) in [5.74, 6) is 0.382. The van der Waals surface area contributed by atoms with Gasteiger partial charge in [0, 0.05) is 43.5 Å². The molecule has 0 radical (unpaired) electrons. The van der Waals surface area contributed by atoms with Gasteiger partial charge in [0.2, 0.25) is 5.91 Å². The van der Waals surface area contributed by atoms with Crippen molar-refractivity contribution in [2.24, 2.45) is 13.0 Å². The number of amides is 1. The second-order valence-electron chi connectivity index (χ2n) is 7.20. The third-order valence-corrected chi connectivity index (χ3v) is 5.36. The highest BCUT2D eigenvalue weighted by atomic mass is 19.4. The number of anilines is 1. The monoisotopic (exact) mass is 395 g/mol. The largest absolute Gasteiger partial charge is 0.417 e. The van der Waals surface area contributed by atoms with Gasteiger partial charge in [0.05, 0.1) is 17.8 Å². The summed E-state index contributed by atoms with van der Waals surface area (Å²) in [5.41, 5.74) is 1.24. The third kappa shape index (κ3) is 4.28. The number of hydrogen-bond acceptors (Lipinski definition) is 4. The molecule has 0 aromatic carbocycles. The molecule has 152 valence electrons. The van der Waals surface area contributed by atoms with Crippen LogP contribution in [0.2, 0.25) is 0 Å². The maximum Gasteiger partial charge on any atom is 0.417 e. The van der Waals surface area contributed by atoms with Gasteiger partial charge in [0.1, 0.15) is 5.82 Å². The van der Waals surface area contributed by atoms with E-state index in [9.17, 15) is 18.0 Å². The summed E-state index contributed by atoms with van der Waals surface area (Å²) in [7, 11) is 1.86. The number of alkyl halides is 3. The number of hydrogen-bond donors (Lipinski definition) is 1. The molecular formula is C19H24F3N5O. The van der Waals surface area contributed by atoms with Crippen LogP contribution in [0.25, 0.3) is 0 Å². The number of aromatic nitrogens is 3. The zero-order valence-corrected chi connectivity index (χ0v) is 16.1. The molecule has 0 unspecified atom stereocenters. The van der Waals surface area contributed by atoms with Gasteiger partial charge in [-0.25, -0.2) is 4.98 Å². The summed E-state index contributed by atoms with van der Waals surface area (Å²) >= 11 is 0. The minimum atomic E-state index is -4.39. The Labute approximate surface area is 161 Å². The summed E-state index contributed by atoms with van der Waals surface area (Å²) in [4.78, 5) is 18.5. The average molecular weight is 395 g/mol. The molecule has 0 bridgehead atoms. The molecule has 1 fully saturated rings. The first-order valence-electron chi connectivity index (χ1n) is 9.24. The van der Waals surface area contributed by atoms with E-state index in [1.807, 2.05) is 25.8 Å². The van der Waals surface area contributed by atoms with Crippen LogP contribution in [-0.4, -0.2) is 33.8 Å². The van der Waals surface area contributed by atoms with Crippen LogP contribution in [0.5, 0.6) is 0 Å². The Morgan fingerprint density at radius 2 is 1.93 bits per heavy atom. The number of nitrogens with one attached hydrogen (secondary N) is 1. The van der Waals surface area contributed by atoms with Crippen molar-refractivity contribution in [3.8, 4) is 0 Å². The Morgan fingerprint density at radius 3 is 2.43 bits per heavy atom. The number of carbonyl (C=O) groups excluding carboxylic acids is 1. The predicted molar refractivity (Wildman–Crippen MR) is 98.7 cm³/mol. The lowest BCUT2D eigenvalue weighted by Gasteiger charge is -2.32. The Balaban J connectivity index is 1.54. The van der Waals surface area contributed by atoms with Gasteiger partial charge in [-0.3, -0.25) is 9.48 Å². The van der Waals surface area contributed by atoms with Crippen molar-refractivity contribution in [2.45, 2.75) is 38.9 Å². The Kier molecular flexibility index (Phi) is 5.62. The van der Waals surface area contributed by atoms with Gasteiger partial charge >= 0.3 is 6.18 Å². The number of halogens is 3. The fourth-order valence-corrected chi connectivity index (χ4v) is 3.46. The van der Waals surface area contributed by atoms with E-state index >= 15 is 0 Å². The van der Waals surface area contributed by atoms with E-state index in [4.69, 9.17) is 0 Å². The van der Waals surface area contributed by atoms with Crippen molar-refractivity contribution in [1.29, 1.82) is 0 Å². The zero-order valence-electron chi connectivity index (χ0n) is 16.1. The number of carbonyl (C=O) groups is 1. The van der Waals surface area contributed by atoms with Crippen LogP contribution in [0.1, 0.15) is 42.6 Å². The molecule has 3 heterocycles. The van der Waals surface area contributed by atoms with Gasteiger partial charge < -0.3 is 10.2 Å². The number of piperidine rings is 1. The van der Waals surface area contributed by atoms with E-state index in [2.05, 4.69) is 15.4 Å². The molecule has 0 spiro atoms. The van der Waals surface area contributed by atoms with Gasteiger partial charge in [-0.2, -0.15) is 18.3 Å². The molecule has 6 nitrogen and oxygen atoms in total. The Hall–Kier alpha value is -2.58. The van der Waals surface area contributed by atoms with E-state index in [0.717, 1.165) is 23.5 Å². The van der Waals surface area contributed by atoms with Crippen LogP contribution < -0.4 is 10.2 Å². The Morgan fingerprint density at radius 1 is 1.25 bits per heavy atom. The summed E-state index contributed by atoms with van der Waals surface area (Å²) in [6.07, 6.45) is -0.508. The second kappa shape index (κ2) is 7.81. The SMILES string of the molecule is Cc1c([C@H](C)NC(=O)C2CCN(c3ccc(C(F)(F)F)cn3)CC2)cnn1C. The first-order chi connectivity index (χ1) is 13.2. The van der Waals surface area contributed by atoms with Crippen molar-refractivity contribution in [1.82, 2.24) is 20.1 Å². The van der Waals surface area contributed by atoms with Gasteiger partial charge in [0.15, 0.2) is 0 Å². The van der Waals surface area contributed by atoms with Crippen molar-refractivity contribution in [2.75, 3.05) is 18.0 Å². The highest BCUT2D eigenvalue weighted by molar-refractivity contribution is 5.79. The van der Waals surface area contributed by atoms with Crippen molar-refractivity contribution in [3.05, 3.63) is 41.3 Å². The number of rotatable bonds is 4. The topological polar surface area (TPSA) is 63.1 Å². The van der Waals surface area contributed by atoms with Gasteiger partial charge in [-0.1, -0.05) is 0 Å². The molecule has 0 saturated carbocycles. The number of nitrogens with zero attached hydrogens (tertiary/aromatic N) is 4. The second-order valence-corrected chi connectivity index (χ2v) is 7.20. The van der Waals surface area contributed by atoms with E-state index in [0.29, 0.717) is 31.7 Å². The maximum absolute atomic E-state index is 12.7. The van der Waals surface area contributed by atoms with Crippen molar-refractivity contribution >= 4 is 11.7 Å². The highest BCUT2D eigenvalue weighted by Gasteiger charge is 2.31. The molecule has 1 atom stereocenters. The number of aryl methyl sites for hydroxylation is 1. The van der Waals surface area contributed by atoms with Gasteiger partial charge in [0.25, 0.3) is 0 Å². The first kappa shape index (κ1) is 20.2. The first-order valence-corrected chi connectivity index (χ1v) is 9.24.